The highest BCUT2D eigenvalue weighted by molar-refractivity contribution is 4.76. The molecule has 0 bridgehead atoms. The molecule has 1 atom stereocenters. The van der Waals surface area contributed by atoms with Crippen molar-refractivity contribution in [3.05, 3.63) is 0 Å². The number of rotatable bonds is 21. The Morgan fingerprint density at radius 2 is 0.852 bits per heavy atom. The van der Waals surface area contributed by atoms with Crippen LogP contribution in [0.15, 0.2) is 0 Å². The van der Waals surface area contributed by atoms with Crippen LogP contribution in [0.3, 0.4) is 0 Å². The number of unbranched alkanes of at least 4 members (excludes halogenated alkanes) is 13. The van der Waals surface area contributed by atoms with E-state index in [2.05, 4.69) is 13.8 Å². The van der Waals surface area contributed by atoms with Crippen LogP contribution in [-0.4, -0.2) is 11.7 Å². The van der Waals surface area contributed by atoms with Crippen molar-refractivity contribution in [3.63, 3.8) is 0 Å². The van der Waals surface area contributed by atoms with Crippen LogP contribution in [0.1, 0.15) is 142 Å². The summed E-state index contributed by atoms with van der Waals surface area (Å²) in [6, 6.07) is 0.430. The Bertz CT molecular complexity index is 291. The van der Waals surface area contributed by atoms with Crippen molar-refractivity contribution in [1.29, 1.82) is 0 Å². The van der Waals surface area contributed by atoms with Crippen LogP contribution < -0.4 is 17.2 Å². The van der Waals surface area contributed by atoms with E-state index in [9.17, 15) is 0 Å². The summed E-state index contributed by atoms with van der Waals surface area (Å²) < 4.78 is 0. The van der Waals surface area contributed by atoms with Crippen LogP contribution in [0.4, 0.5) is 0 Å². The summed E-state index contributed by atoms with van der Waals surface area (Å²) in [6.07, 6.45) is 25.3. The molecule has 0 aromatic carbocycles. The fourth-order valence-electron chi connectivity index (χ4n) is 3.90. The maximum Gasteiger partial charge on any atom is 0.0636 e. The van der Waals surface area contributed by atoms with Gasteiger partial charge in [0.2, 0.25) is 0 Å². The van der Waals surface area contributed by atoms with Crippen LogP contribution in [0.25, 0.3) is 0 Å². The van der Waals surface area contributed by atoms with E-state index in [0.29, 0.717) is 6.04 Å². The van der Waals surface area contributed by atoms with Crippen molar-refractivity contribution in [1.82, 2.24) is 0 Å². The molecule has 3 heteroatoms. The summed E-state index contributed by atoms with van der Waals surface area (Å²) >= 11 is 0. The topological polar surface area (TPSA) is 78.1 Å². The zero-order valence-electron chi connectivity index (χ0n) is 19.0. The minimum Gasteiger partial charge on any atom is -0.328 e. The number of hydrogen-bond donors (Lipinski definition) is 3. The van der Waals surface area contributed by atoms with Crippen molar-refractivity contribution in [3.8, 4) is 0 Å². The first-order valence-corrected chi connectivity index (χ1v) is 12.3. The molecule has 6 N–H and O–H groups in total. The maximum atomic E-state index is 6.26. The van der Waals surface area contributed by atoms with Crippen LogP contribution in [0, 0.1) is 0 Å². The third-order valence-corrected chi connectivity index (χ3v) is 5.89. The van der Waals surface area contributed by atoms with Gasteiger partial charge in [-0.25, -0.2) is 0 Å². The Balaban J connectivity index is 3.37. The third-order valence-electron chi connectivity index (χ3n) is 5.89. The molecule has 0 amide bonds. The molecule has 0 spiro atoms. The van der Waals surface area contributed by atoms with E-state index in [1.54, 1.807) is 0 Å². The van der Waals surface area contributed by atoms with Gasteiger partial charge in [-0.15, -0.1) is 0 Å². The minimum absolute atomic E-state index is 0.430. The summed E-state index contributed by atoms with van der Waals surface area (Å²) in [5.41, 5.74) is 18.3. The summed E-state index contributed by atoms with van der Waals surface area (Å²) in [5, 5.41) is 0. The molecule has 0 heterocycles. The normalized spacial score (nSPS) is 13.2. The largest absolute Gasteiger partial charge is 0.328 e. The summed E-state index contributed by atoms with van der Waals surface area (Å²) in [5.74, 6) is 0. The van der Waals surface area contributed by atoms with Gasteiger partial charge in [-0.05, 0) is 25.7 Å². The zero-order chi connectivity index (χ0) is 20.2. The molecule has 0 aromatic rings. The Hall–Kier alpha value is -0.120. The molecule has 3 nitrogen and oxygen atoms in total. The Morgan fingerprint density at radius 3 is 1.26 bits per heavy atom. The van der Waals surface area contributed by atoms with Crippen molar-refractivity contribution >= 4 is 0 Å². The first kappa shape index (κ1) is 26.9. The Labute approximate surface area is 171 Å². The molecule has 0 aromatic heterocycles. The second-order valence-electron chi connectivity index (χ2n) is 9.02. The molecule has 0 aliphatic heterocycles. The first-order chi connectivity index (χ1) is 13.0. The van der Waals surface area contributed by atoms with Gasteiger partial charge in [0.05, 0.1) is 5.66 Å². The van der Waals surface area contributed by atoms with Gasteiger partial charge in [0.15, 0.2) is 0 Å². The molecular formula is C24H53N3. The van der Waals surface area contributed by atoms with Gasteiger partial charge in [0, 0.05) is 6.04 Å². The smallest absolute Gasteiger partial charge is 0.0636 e. The van der Waals surface area contributed by atoms with Gasteiger partial charge in [-0.1, -0.05) is 117 Å². The lowest BCUT2D eigenvalue weighted by molar-refractivity contribution is 0.345. The van der Waals surface area contributed by atoms with E-state index in [1.807, 2.05) is 0 Å². The number of nitrogens with two attached hydrogens (primary N) is 3. The van der Waals surface area contributed by atoms with Gasteiger partial charge in [-0.2, -0.15) is 0 Å². The van der Waals surface area contributed by atoms with Gasteiger partial charge < -0.3 is 17.2 Å². The summed E-state index contributed by atoms with van der Waals surface area (Å²) in [6.45, 7) is 4.52. The van der Waals surface area contributed by atoms with Gasteiger partial charge in [0.1, 0.15) is 0 Å². The molecule has 0 saturated carbocycles. The molecule has 27 heavy (non-hydrogen) atoms. The van der Waals surface area contributed by atoms with Gasteiger partial charge in [0.25, 0.3) is 0 Å². The van der Waals surface area contributed by atoms with Gasteiger partial charge in [-0.3, -0.25) is 0 Å². The van der Waals surface area contributed by atoms with E-state index in [4.69, 9.17) is 17.2 Å². The molecule has 0 aliphatic carbocycles. The zero-order valence-corrected chi connectivity index (χ0v) is 19.0. The molecule has 0 aliphatic rings. The first-order valence-electron chi connectivity index (χ1n) is 12.3. The highest BCUT2D eigenvalue weighted by Gasteiger charge is 2.17. The minimum atomic E-state index is -0.434. The Kier molecular flexibility index (Phi) is 19.1. The van der Waals surface area contributed by atoms with Crippen molar-refractivity contribution in [2.24, 2.45) is 17.2 Å². The lowest BCUT2D eigenvalue weighted by Gasteiger charge is -2.24. The fraction of sp³-hybridized carbons (Fsp3) is 1.00. The maximum absolute atomic E-state index is 6.26. The predicted octanol–water partition coefficient (Wildman–Crippen LogP) is 6.77. The van der Waals surface area contributed by atoms with E-state index < -0.39 is 5.66 Å². The second kappa shape index (κ2) is 19.2. The van der Waals surface area contributed by atoms with Crippen LogP contribution in [-0.2, 0) is 0 Å². The summed E-state index contributed by atoms with van der Waals surface area (Å²) in [7, 11) is 0. The van der Waals surface area contributed by atoms with Crippen molar-refractivity contribution in [2.45, 2.75) is 154 Å². The van der Waals surface area contributed by atoms with Crippen molar-refractivity contribution in [2.75, 3.05) is 0 Å². The average Bonchev–Trinajstić information content (AvgIpc) is 2.63. The van der Waals surface area contributed by atoms with Crippen LogP contribution >= 0.6 is 0 Å². The standard InChI is InChI=1S/C24H53N3/c1-3-5-7-11-15-19-23(25)20-16-12-9-10-14-18-22-24(26,27)21-17-13-8-6-4-2/h23H,3-22,25-27H2,1-2H3. The highest BCUT2D eigenvalue weighted by Crippen LogP contribution is 2.17. The molecule has 0 rings (SSSR count). The van der Waals surface area contributed by atoms with Crippen LogP contribution in [0.2, 0.25) is 0 Å². The monoisotopic (exact) mass is 383 g/mol. The van der Waals surface area contributed by atoms with E-state index >= 15 is 0 Å². The lowest BCUT2D eigenvalue weighted by Crippen LogP contribution is -2.49. The molecule has 164 valence electrons. The Morgan fingerprint density at radius 1 is 0.519 bits per heavy atom. The van der Waals surface area contributed by atoms with E-state index in [0.717, 1.165) is 12.8 Å². The van der Waals surface area contributed by atoms with Gasteiger partial charge >= 0.3 is 0 Å². The summed E-state index contributed by atoms with van der Waals surface area (Å²) in [4.78, 5) is 0. The predicted molar refractivity (Wildman–Crippen MR) is 123 cm³/mol. The molecule has 1 unspecified atom stereocenters. The van der Waals surface area contributed by atoms with Crippen molar-refractivity contribution < 1.29 is 0 Å². The molecular weight excluding hydrogens is 330 g/mol. The highest BCUT2D eigenvalue weighted by atomic mass is 14.9. The van der Waals surface area contributed by atoms with Crippen LogP contribution in [0.5, 0.6) is 0 Å². The van der Waals surface area contributed by atoms with E-state index in [-0.39, 0.29) is 0 Å². The average molecular weight is 384 g/mol. The quantitative estimate of drug-likeness (QED) is 0.151. The molecule has 0 fully saturated rings. The number of hydrogen-bond acceptors (Lipinski definition) is 3. The lowest BCUT2D eigenvalue weighted by atomic mass is 9.95. The SMILES string of the molecule is CCCCCCCC(N)CCCCCCCCC(N)(N)CCCCCCC. The third kappa shape index (κ3) is 20.4. The second-order valence-corrected chi connectivity index (χ2v) is 9.02. The van der Waals surface area contributed by atoms with E-state index in [1.165, 1.54) is 116 Å². The molecule has 0 saturated heterocycles. The molecule has 0 radical (unpaired) electrons. The fourth-order valence-corrected chi connectivity index (χ4v) is 3.90.